The minimum Gasteiger partial charge on any atom is -0.372 e. The summed E-state index contributed by atoms with van der Waals surface area (Å²) in [5, 5.41) is 25.8. The third kappa shape index (κ3) is 4.90. The van der Waals surface area contributed by atoms with Crippen molar-refractivity contribution in [3.63, 3.8) is 0 Å². The highest BCUT2D eigenvalue weighted by Crippen LogP contribution is 2.26. The van der Waals surface area contributed by atoms with Crippen LogP contribution >= 0.6 is 0 Å². The summed E-state index contributed by atoms with van der Waals surface area (Å²) >= 11 is 0. The van der Waals surface area contributed by atoms with Gasteiger partial charge in [0.05, 0.1) is 34.4 Å². The summed E-state index contributed by atoms with van der Waals surface area (Å²) in [6.45, 7) is 2.27. The number of hydrogen-bond donors (Lipinski definition) is 0. The Balaban J connectivity index is 1.37. The van der Waals surface area contributed by atoms with Crippen molar-refractivity contribution in [1.29, 1.82) is 5.26 Å². The Morgan fingerprint density at radius 1 is 0.586 bits per heavy atom. The van der Waals surface area contributed by atoms with Crippen LogP contribution in [-0.4, -0.2) is 13.1 Å². The molecule has 142 valence electrons. The van der Waals surface area contributed by atoms with Crippen LogP contribution in [0.4, 0.5) is 28.4 Å². The lowest BCUT2D eigenvalue weighted by atomic mass is 10.2. The van der Waals surface area contributed by atoms with Crippen molar-refractivity contribution in [2.45, 2.75) is 12.8 Å². The monoisotopic (exact) mass is 380 g/mol. The van der Waals surface area contributed by atoms with Gasteiger partial charge in [-0.2, -0.15) is 25.7 Å². The SMILES string of the molecule is N#Cc1ccc(/N=N/c2ccc(/N=N/c3ccc(N4CCCC4)cc3)cc2)cc1. The first-order valence-electron chi connectivity index (χ1n) is 9.59. The average Bonchev–Trinajstić information content (AvgIpc) is 3.33. The van der Waals surface area contributed by atoms with E-state index in [0.29, 0.717) is 11.3 Å². The number of nitriles is 1. The van der Waals surface area contributed by atoms with Crippen molar-refractivity contribution in [2.75, 3.05) is 18.0 Å². The highest BCUT2D eigenvalue weighted by Gasteiger charge is 2.11. The van der Waals surface area contributed by atoms with Crippen molar-refractivity contribution in [2.24, 2.45) is 20.5 Å². The maximum Gasteiger partial charge on any atom is 0.0991 e. The Morgan fingerprint density at radius 3 is 1.38 bits per heavy atom. The zero-order valence-electron chi connectivity index (χ0n) is 15.9. The molecular formula is C23H20N6. The van der Waals surface area contributed by atoms with E-state index >= 15 is 0 Å². The van der Waals surface area contributed by atoms with Gasteiger partial charge in [0, 0.05) is 18.8 Å². The summed E-state index contributed by atoms with van der Waals surface area (Å²) in [6.07, 6.45) is 2.54. The molecule has 6 heteroatoms. The molecule has 3 aromatic carbocycles. The summed E-state index contributed by atoms with van der Waals surface area (Å²) in [4.78, 5) is 2.39. The lowest BCUT2D eigenvalue weighted by Crippen LogP contribution is -2.17. The maximum atomic E-state index is 8.81. The fourth-order valence-corrected chi connectivity index (χ4v) is 3.12. The zero-order chi connectivity index (χ0) is 19.9. The molecule has 0 radical (unpaired) electrons. The van der Waals surface area contributed by atoms with Crippen molar-refractivity contribution in [3.8, 4) is 6.07 Å². The van der Waals surface area contributed by atoms with Gasteiger partial charge in [0.1, 0.15) is 0 Å². The second-order valence-corrected chi connectivity index (χ2v) is 6.79. The summed E-state index contributed by atoms with van der Waals surface area (Å²) in [7, 11) is 0. The molecule has 0 aliphatic carbocycles. The highest BCUT2D eigenvalue weighted by molar-refractivity contribution is 5.54. The third-order valence-corrected chi connectivity index (χ3v) is 4.73. The van der Waals surface area contributed by atoms with Crippen LogP contribution < -0.4 is 4.90 Å². The van der Waals surface area contributed by atoms with Crippen molar-refractivity contribution < 1.29 is 0 Å². The van der Waals surface area contributed by atoms with E-state index < -0.39 is 0 Å². The van der Waals surface area contributed by atoms with Gasteiger partial charge in [-0.3, -0.25) is 0 Å². The number of hydrogen-bond acceptors (Lipinski definition) is 6. The fourth-order valence-electron chi connectivity index (χ4n) is 3.12. The van der Waals surface area contributed by atoms with Gasteiger partial charge in [0.2, 0.25) is 0 Å². The molecule has 6 nitrogen and oxygen atoms in total. The normalized spacial score (nSPS) is 14.0. The Hall–Kier alpha value is -3.85. The van der Waals surface area contributed by atoms with Crippen LogP contribution in [0.3, 0.4) is 0 Å². The van der Waals surface area contributed by atoms with E-state index in [4.69, 9.17) is 5.26 Å². The Labute approximate surface area is 169 Å². The van der Waals surface area contributed by atoms with E-state index in [-0.39, 0.29) is 0 Å². The van der Waals surface area contributed by atoms with E-state index in [1.54, 1.807) is 24.3 Å². The minimum absolute atomic E-state index is 0.601. The van der Waals surface area contributed by atoms with Crippen LogP contribution in [0.5, 0.6) is 0 Å². The number of nitrogens with zero attached hydrogens (tertiary/aromatic N) is 6. The van der Waals surface area contributed by atoms with Gasteiger partial charge < -0.3 is 4.90 Å². The van der Waals surface area contributed by atoms with Crippen LogP contribution in [0.15, 0.2) is 93.3 Å². The van der Waals surface area contributed by atoms with E-state index in [9.17, 15) is 0 Å². The van der Waals surface area contributed by atoms with Crippen molar-refractivity contribution in [1.82, 2.24) is 0 Å². The fraction of sp³-hybridized carbons (Fsp3) is 0.174. The number of azo groups is 2. The summed E-state index contributed by atoms with van der Waals surface area (Å²) in [5.74, 6) is 0. The van der Waals surface area contributed by atoms with Crippen LogP contribution in [0, 0.1) is 11.3 Å². The van der Waals surface area contributed by atoms with Crippen molar-refractivity contribution in [3.05, 3.63) is 78.4 Å². The average molecular weight is 380 g/mol. The topological polar surface area (TPSA) is 76.5 Å². The summed E-state index contributed by atoms with van der Waals surface area (Å²) < 4.78 is 0. The van der Waals surface area contributed by atoms with E-state index in [1.807, 2.05) is 36.4 Å². The molecule has 0 saturated carbocycles. The van der Waals surface area contributed by atoms with E-state index in [0.717, 1.165) is 30.2 Å². The van der Waals surface area contributed by atoms with Gasteiger partial charge in [-0.1, -0.05) is 0 Å². The first-order chi connectivity index (χ1) is 14.3. The van der Waals surface area contributed by atoms with E-state index in [2.05, 4.69) is 43.6 Å². The lowest BCUT2D eigenvalue weighted by molar-refractivity contribution is 0.949. The van der Waals surface area contributed by atoms with Gasteiger partial charge >= 0.3 is 0 Å². The second-order valence-electron chi connectivity index (χ2n) is 6.79. The molecule has 0 amide bonds. The summed E-state index contributed by atoms with van der Waals surface area (Å²) in [6, 6.07) is 24.6. The van der Waals surface area contributed by atoms with Crippen LogP contribution in [0.2, 0.25) is 0 Å². The predicted octanol–water partition coefficient (Wildman–Crippen LogP) is 6.99. The van der Waals surface area contributed by atoms with E-state index in [1.165, 1.54) is 18.5 Å². The first kappa shape index (κ1) is 18.5. The largest absolute Gasteiger partial charge is 0.372 e. The molecule has 1 saturated heterocycles. The minimum atomic E-state index is 0.601. The Bertz CT molecular complexity index is 1040. The molecule has 1 fully saturated rings. The Morgan fingerprint density at radius 2 is 0.966 bits per heavy atom. The molecule has 3 aromatic rings. The van der Waals surface area contributed by atoms with Gasteiger partial charge in [0.25, 0.3) is 0 Å². The van der Waals surface area contributed by atoms with Crippen LogP contribution in [0.1, 0.15) is 18.4 Å². The second kappa shape index (κ2) is 8.89. The third-order valence-electron chi connectivity index (χ3n) is 4.73. The predicted molar refractivity (Wildman–Crippen MR) is 114 cm³/mol. The van der Waals surface area contributed by atoms with Gasteiger partial charge in [0.15, 0.2) is 0 Å². The highest BCUT2D eigenvalue weighted by atomic mass is 15.1. The van der Waals surface area contributed by atoms with Crippen molar-refractivity contribution >= 4 is 28.4 Å². The molecule has 0 aromatic heterocycles. The smallest absolute Gasteiger partial charge is 0.0991 e. The molecule has 0 unspecified atom stereocenters. The first-order valence-corrected chi connectivity index (χ1v) is 9.59. The number of benzene rings is 3. The van der Waals surface area contributed by atoms with Crippen LogP contribution in [0.25, 0.3) is 0 Å². The standard InChI is InChI=1S/C23H20N6/c24-17-18-3-5-19(6-4-18)25-26-20-7-9-21(10-8-20)27-28-22-11-13-23(14-12-22)29-15-1-2-16-29/h3-14H,1-2,15-16H2/b26-25+,28-27+. The molecule has 1 heterocycles. The number of anilines is 1. The van der Waals surface area contributed by atoms with Crippen LogP contribution in [-0.2, 0) is 0 Å². The molecule has 1 aliphatic rings. The molecule has 1 aliphatic heterocycles. The maximum absolute atomic E-state index is 8.81. The van der Waals surface area contributed by atoms with Gasteiger partial charge in [-0.05, 0) is 85.6 Å². The van der Waals surface area contributed by atoms with Gasteiger partial charge in [-0.15, -0.1) is 0 Å². The molecular weight excluding hydrogens is 360 g/mol. The Kier molecular flexibility index (Phi) is 5.68. The molecule has 0 atom stereocenters. The molecule has 0 bridgehead atoms. The quantitative estimate of drug-likeness (QED) is 0.447. The molecule has 4 rings (SSSR count). The molecule has 0 N–H and O–H groups in total. The molecule has 29 heavy (non-hydrogen) atoms. The van der Waals surface area contributed by atoms with Gasteiger partial charge in [-0.25, -0.2) is 0 Å². The zero-order valence-corrected chi connectivity index (χ0v) is 15.9. The summed E-state index contributed by atoms with van der Waals surface area (Å²) in [5.41, 5.74) is 4.86. The molecule has 0 spiro atoms. The number of rotatable bonds is 5. The lowest BCUT2D eigenvalue weighted by Gasteiger charge is -2.17.